The van der Waals surface area contributed by atoms with Crippen molar-refractivity contribution in [1.82, 2.24) is 14.8 Å². The zero-order chi connectivity index (χ0) is 22.4. The summed E-state index contributed by atoms with van der Waals surface area (Å²) >= 11 is 10.7. The molecule has 0 saturated carbocycles. The average Bonchev–Trinajstić information content (AvgIpc) is 3.12. The van der Waals surface area contributed by atoms with Crippen molar-refractivity contribution < 1.29 is 19.0 Å². The number of benzene rings is 2. The summed E-state index contributed by atoms with van der Waals surface area (Å²) in [7, 11) is 4.83. The molecular weight excluding hydrogens is 508 g/mol. The van der Waals surface area contributed by atoms with E-state index in [-0.39, 0.29) is 18.3 Å². The van der Waals surface area contributed by atoms with Gasteiger partial charge in [-0.25, -0.2) is 0 Å². The molecule has 0 aliphatic rings. The number of methoxy groups -OCH3 is 2. The molecule has 0 unspecified atom stereocenters. The van der Waals surface area contributed by atoms with E-state index in [1.165, 1.54) is 26.0 Å². The predicted molar refractivity (Wildman–Crippen MR) is 123 cm³/mol. The van der Waals surface area contributed by atoms with E-state index in [1.54, 1.807) is 16.7 Å². The molecule has 3 rings (SSSR count). The first-order valence-corrected chi connectivity index (χ1v) is 11.2. The number of hydrogen-bond acceptors (Lipinski definition) is 7. The van der Waals surface area contributed by atoms with Crippen molar-refractivity contribution in [2.24, 2.45) is 7.05 Å². The summed E-state index contributed by atoms with van der Waals surface area (Å²) in [6.07, 6.45) is 0. The number of nitrogens with one attached hydrogen (secondary N) is 1. The molecule has 1 aromatic heterocycles. The molecule has 31 heavy (non-hydrogen) atoms. The number of thioether (sulfide) groups is 1. The first kappa shape index (κ1) is 23.2. The van der Waals surface area contributed by atoms with Crippen LogP contribution < -0.4 is 19.5 Å². The van der Waals surface area contributed by atoms with E-state index in [9.17, 15) is 4.79 Å². The van der Waals surface area contributed by atoms with Crippen molar-refractivity contribution >= 4 is 50.9 Å². The fourth-order valence-corrected chi connectivity index (χ4v) is 3.77. The van der Waals surface area contributed by atoms with E-state index in [4.69, 9.17) is 25.8 Å². The lowest BCUT2D eigenvalue weighted by Crippen LogP contribution is -2.15. The lowest BCUT2D eigenvalue weighted by atomic mass is 10.2. The standard InChI is InChI=1S/C20H20BrClN4O4S/c1-26-18(10-30-13-6-4-12(21)5-7-13)24-25-20(26)31-11-19(27)23-15-9-16(28-2)14(22)8-17(15)29-3/h4-9H,10-11H2,1-3H3,(H,23,27). The average molecular weight is 528 g/mol. The first-order chi connectivity index (χ1) is 14.9. The zero-order valence-corrected chi connectivity index (χ0v) is 20.2. The highest BCUT2D eigenvalue weighted by Crippen LogP contribution is 2.36. The molecule has 1 N–H and O–H groups in total. The summed E-state index contributed by atoms with van der Waals surface area (Å²) in [5.74, 6) is 2.16. The van der Waals surface area contributed by atoms with Gasteiger partial charge >= 0.3 is 0 Å². The van der Waals surface area contributed by atoms with Crippen molar-refractivity contribution in [2.75, 3.05) is 25.3 Å². The molecule has 8 nitrogen and oxygen atoms in total. The van der Waals surface area contributed by atoms with Gasteiger partial charge in [-0.2, -0.15) is 0 Å². The minimum atomic E-state index is -0.233. The van der Waals surface area contributed by atoms with E-state index >= 15 is 0 Å². The van der Waals surface area contributed by atoms with Gasteiger partial charge in [-0.1, -0.05) is 39.3 Å². The van der Waals surface area contributed by atoms with E-state index in [0.29, 0.717) is 33.2 Å². The molecule has 0 aliphatic carbocycles. The summed E-state index contributed by atoms with van der Waals surface area (Å²) in [4.78, 5) is 12.4. The third-order valence-electron chi connectivity index (χ3n) is 4.19. The molecule has 164 valence electrons. The van der Waals surface area contributed by atoms with Crippen LogP contribution in [0.2, 0.25) is 5.02 Å². The van der Waals surface area contributed by atoms with Crippen molar-refractivity contribution in [3.8, 4) is 17.2 Å². The number of amides is 1. The van der Waals surface area contributed by atoms with Gasteiger partial charge < -0.3 is 24.1 Å². The molecule has 1 heterocycles. The van der Waals surface area contributed by atoms with Crippen LogP contribution in [0.25, 0.3) is 0 Å². The smallest absolute Gasteiger partial charge is 0.234 e. The lowest BCUT2D eigenvalue weighted by Gasteiger charge is -2.13. The van der Waals surface area contributed by atoms with Crippen LogP contribution >= 0.6 is 39.3 Å². The normalized spacial score (nSPS) is 10.6. The number of rotatable bonds is 9. The molecule has 0 radical (unpaired) electrons. The highest BCUT2D eigenvalue weighted by atomic mass is 79.9. The molecule has 0 saturated heterocycles. The second-order valence-electron chi connectivity index (χ2n) is 6.22. The number of anilines is 1. The Morgan fingerprint density at radius 1 is 1.16 bits per heavy atom. The fourth-order valence-electron chi connectivity index (χ4n) is 2.55. The molecule has 0 spiro atoms. The maximum absolute atomic E-state index is 12.4. The van der Waals surface area contributed by atoms with Gasteiger partial charge in [0.1, 0.15) is 23.9 Å². The van der Waals surface area contributed by atoms with Crippen molar-refractivity contribution in [3.05, 3.63) is 51.7 Å². The highest BCUT2D eigenvalue weighted by Gasteiger charge is 2.15. The van der Waals surface area contributed by atoms with Gasteiger partial charge in [0.25, 0.3) is 0 Å². The summed E-state index contributed by atoms with van der Waals surface area (Å²) < 4.78 is 19.0. The Kier molecular flexibility index (Phi) is 8.05. The van der Waals surface area contributed by atoms with Crippen molar-refractivity contribution in [1.29, 1.82) is 0 Å². The molecule has 1 amide bonds. The van der Waals surface area contributed by atoms with Gasteiger partial charge in [0.15, 0.2) is 11.0 Å². The van der Waals surface area contributed by atoms with E-state index in [0.717, 1.165) is 10.2 Å². The summed E-state index contributed by atoms with van der Waals surface area (Å²) in [6, 6.07) is 10.7. The van der Waals surface area contributed by atoms with Gasteiger partial charge in [0.05, 0.1) is 30.7 Å². The Balaban J connectivity index is 1.58. The third-order valence-corrected chi connectivity index (χ3v) is 6.03. The summed E-state index contributed by atoms with van der Waals surface area (Å²) in [5, 5.41) is 12.1. The Morgan fingerprint density at radius 2 is 1.87 bits per heavy atom. The Labute approximate surface area is 197 Å². The van der Waals surface area contributed by atoms with E-state index in [1.807, 2.05) is 31.3 Å². The summed E-state index contributed by atoms with van der Waals surface area (Å²) in [6.45, 7) is 0.264. The molecular formula is C20H20BrClN4O4S. The Morgan fingerprint density at radius 3 is 2.55 bits per heavy atom. The molecule has 0 atom stereocenters. The number of hydrogen-bond donors (Lipinski definition) is 1. The van der Waals surface area contributed by atoms with Crippen LogP contribution in [0.4, 0.5) is 5.69 Å². The molecule has 0 aliphatic heterocycles. The number of aromatic nitrogens is 3. The number of nitrogens with zero attached hydrogens (tertiary/aromatic N) is 3. The SMILES string of the molecule is COc1cc(NC(=O)CSc2nnc(COc3ccc(Br)cc3)n2C)c(OC)cc1Cl. The minimum absolute atomic E-state index is 0.133. The number of ether oxygens (including phenoxy) is 3. The van der Waals surface area contributed by atoms with Gasteiger partial charge in [-0.05, 0) is 24.3 Å². The zero-order valence-electron chi connectivity index (χ0n) is 17.0. The second-order valence-corrected chi connectivity index (χ2v) is 8.49. The van der Waals surface area contributed by atoms with Crippen LogP contribution in [0.5, 0.6) is 17.2 Å². The van der Waals surface area contributed by atoms with Crippen molar-refractivity contribution in [3.63, 3.8) is 0 Å². The molecule has 3 aromatic rings. The second kappa shape index (κ2) is 10.7. The van der Waals surface area contributed by atoms with Gasteiger partial charge in [-0.3, -0.25) is 4.79 Å². The highest BCUT2D eigenvalue weighted by molar-refractivity contribution is 9.10. The van der Waals surface area contributed by atoms with E-state index < -0.39 is 0 Å². The monoisotopic (exact) mass is 526 g/mol. The topological polar surface area (TPSA) is 87.5 Å². The van der Waals surface area contributed by atoms with Gasteiger partial charge in [0, 0.05) is 23.7 Å². The van der Waals surface area contributed by atoms with Crippen molar-refractivity contribution in [2.45, 2.75) is 11.8 Å². The van der Waals surface area contributed by atoms with Crippen LogP contribution in [0, 0.1) is 0 Å². The van der Waals surface area contributed by atoms with Gasteiger partial charge in [-0.15, -0.1) is 10.2 Å². The first-order valence-electron chi connectivity index (χ1n) is 9.02. The number of halogens is 2. The van der Waals surface area contributed by atoms with E-state index in [2.05, 4.69) is 31.4 Å². The molecule has 0 fully saturated rings. The quantitative estimate of drug-likeness (QED) is 0.408. The van der Waals surface area contributed by atoms with Crippen LogP contribution in [0.15, 0.2) is 46.0 Å². The molecule has 0 bridgehead atoms. The van der Waals surface area contributed by atoms with Crippen LogP contribution in [0.3, 0.4) is 0 Å². The molecule has 2 aromatic carbocycles. The maximum Gasteiger partial charge on any atom is 0.234 e. The van der Waals surface area contributed by atoms with Crippen LogP contribution in [-0.2, 0) is 18.4 Å². The Bertz CT molecular complexity index is 1060. The molecule has 11 heteroatoms. The Hall–Kier alpha value is -2.43. The minimum Gasteiger partial charge on any atom is -0.495 e. The number of carbonyl (C=O) groups excluding carboxylic acids is 1. The van der Waals surface area contributed by atoms with Gasteiger partial charge in [0.2, 0.25) is 5.91 Å². The fraction of sp³-hybridized carbons (Fsp3) is 0.250. The third kappa shape index (κ3) is 6.05. The maximum atomic E-state index is 12.4. The predicted octanol–water partition coefficient (Wildman–Crippen LogP) is 4.56. The number of carbonyl (C=O) groups is 1. The van der Waals surface area contributed by atoms with Crippen LogP contribution in [0.1, 0.15) is 5.82 Å². The largest absolute Gasteiger partial charge is 0.495 e. The van der Waals surface area contributed by atoms with Crippen LogP contribution in [-0.4, -0.2) is 40.6 Å². The summed E-state index contributed by atoms with van der Waals surface area (Å²) in [5.41, 5.74) is 0.468. The lowest BCUT2D eigenvalue weighted by molar-refractivity contribution is -0.113.